The van der Waals surface area contributed by atoms with Crippen LogP contribution in [-0.2, 0) is 0 Å². The highest BCUT2D eigenvalue weighted by molar-refractivity contribution is 5.69. The standard InChI is InChI=1S/C11H14O2.C2H6/c1-8(12)11(9(2)13)10-6-4-3-5-7-10;1-2/h3-8,12-13H,1-2H3;1-2H3/b11-9+;. The molecule has 0 saturated heterocycles. The highest BCUT2D eigenvalue weighted by Crippen LogP contribution is 2.20. The van der Waals surface area contributed by atoms with Crippen LogP contribution in [0.3, 0.4) is 0 Å². The van der Waals surface area contributed by atoms with Crippen molar-refractivity contribution in [3.8, 4) is 0 Å². The molecule has 0 aromatic heterocycles. The molecule has 0 amide bonds. The van der Waals surface area contributed by atoms with Crippen molar-refractivity contribution < 1.29 is 10.2 Å². The lowest BCUT2D eigenvalue weighted by Crippen LogP contribution is -2.05. The van der Waals surface area contributed by atoms with Gasteiger partial charge in [-0.1, -0.05) is 44.2 Å². The lowest BCUT2D eigenvalue weighted by molar-refractivity contribution is 0.247. The molecule has 0 aliphatic carbocycles. The highest BCUT2D eigenvalue weighted by Gasteiger charge is 2.10. The van der Waals surface area contributed by atoms with E-state index >= 15 is 0 Å². The second-order valence-electron chi connectivity index (χ2n) is 3.04. The van der Waals surface area contributed by atoms with Gasteiger partial charge in [0.2, 0.25) is 0 Å². The Hall–Kier alpha value is -1.28. The molecular weight excluding hydrogens is 188 g/mol. The molecule has 0 heterocycles. The predicted molar refractivity (Wildman–Crippen MR) is 64.7 cm³/mol. The zero-order valence-corrected chi connectivity index (χ0v) is 9.86. The van der Waals surface area contributed by atoms with E-state index in [1.165, 1.54) is 0 Å². The first-order chi connectivity index (χ1) is 7.13. The Morgan fingerprint density at radius 1 is 1.13 bits per heavy atom. The van der Waals surface area contributed by atoms with Crippen LogP contribution in [0.15, 0.2) is 36.1 Å². The minimum atomic E-state index is -0.646. The van der Waals surface area contributed by atoms with Crippen molar-refractivity contribution in [1.29, 1.82) is 0 Å². The molecule has 0 fully saturated rings. The number of benzene rings is 1. The van der Waals surface area contributed by atoms with Gasteiger partial charge < -0.3 is 10.2 Å². The van der Waals surface area contributed by atoms with Crippen LogP contribution in [0.4, 0.5) is 0 Å². The number of allylic oxidation sites excluding steroid dienone is 1. The lowest BCUT2D eigenvalue weighted by atomic mass is 10.0. The van der Waals surface area contributed by atoms with E-state index in [1.807, 2.05) is 44.2 Å². The summed E-state index contributed by atoms with van der Waals surface area (Å²) >= 11 is 0. The normalized spacial score (nSPS) is 13.4. The molecule has 0 bridgehead atoms. The maximum absolute atomic E-state index is 9.42. The maximum Gasteiger partial charge on any atom is 0.0955 e. The van der Waals surface area contributed by atoms with E-state index in [0.717, 1.165) is 5.56 Å². The fourth-order valence-electron chi connectivity index (χ4n) is 1.37. The van der Waals surface area contributed by atoms with Crippen LogP contribution in [0.2, 0.25) is 0 Å². The summed E-state index contributed by atoms with van der Waals surface area (Å²) in [4.78, 5) is 0. The SMILES string of the molecule is C/C(O)=C(\c1ccccc1)C(C)O.CC. The molecule has 0 spiro atoms. The predicted octanol–water partition coefficient (Wildman–Crippen LogP) is 3.38. The van der Waals surface area contributed by atoms with Gasteiger partial charge >= 0.3 is 0 Å². The summed E-state index contributed by atoms with van der Waals surface area (Å²) in [5.41, 5.74) is 1.44. The Kier molecular flexibility index (Phi) is 6.47. The molecule has 0 aliphatic rings. The van der Waals surface area contributed by atoms with Gasteiger partial charge in [0.1, 0.15) is 0 Å². The lowest BCUT2D eigenvalue weighted by Gasteiger charge is -2.11. The van der Waals surface area contributed by atoms with Gasteiger partial charge in [-0.3, -0.25) is 0 Å². The molecule has 15 heavy (non-hydrogen) atoms. The van der Waals surface area contributed by atoms with Crippen LogP contribution < -0.4 is 0 Å². The van der Waals surface area contributed by atoms with E-state index in [9.17, 15) is 10.2 Å². The maximum atomic E-state index is 9.42. The van der Waals surface area contributed by atoms with Gasteiger partial charge in [-0.05, 0) is 19.4 Å². The van der Waals surface area contributed by atoms with Crippen LogP contribution in [0.1, 0.15) is 33.3 Å². The van der Waals surface area contributed by atoms with Crippen LogP contribution >= 0.6 is 0 Å². The highest BCUT2D eigenvalue weighted by atomic mass is 16.3. The summed E-state index contributed by atoms with van der Waals surface area (Å²) in [7, 11) is 0. The first kappa shape index (κ1) is 13.7. The molecule has 84 valence electrons. The van der Waals surface area contributed by atoms with Gasteiger partial charge in [-0.2, -0.15) is 0 Å². The number of hydrogen-bond acceptors (Lipinski definition) is 2. The number of rotatable bonds is 2. The van der Waals surface area contributed by atoms with Crippen LogP contribution in [0.5, 0.6) is 0 Å². The molecule has 1 rings (SSSR count). The van der Waals surface area contributed by atoms with E-state index in [0.29, 0.717) is 5.57 Å². The fourth-order valence-corrected chi connectivity index (χ4v) is 1.37. The van der Waals surface area contributed by atoms with Crippen LogP contribution in [0, 0.1) is 0 Å². The largest absolute Gasteiger partial charge is 0.512 e. The Bertz CT molecular complexity index is 296. The minimum Gasteiger partial charge on any atom is -0.512 e. The average molecular weight is 208 g/mol. The first-order valence-corrected chi connectivity index (χ1v) is 5.26. The van der Waals surface area contributed by atoms with E-state index in [4.69, 9.17) is 0 Å². The minimum absolute atomic E-state index is 0.168. The van der Waals surface area contributed by atoms with E-state index in [2.05, 4.69) is 0 Å². The third-order valence-corrected chi connectivity index (χ3v) is 1.89. The fraction of sp³-hybridized carbons (Fsp3) is 0.385. The monoisotopic (exact) mass is 208 g/mol. The Morgan fingerprint density at radius 2 is 1.60 bits per heavy atom. The van der Waals surface area contributed by atoms with Crippen molar-refractivity contribution in [3.05, 3.63) is 41.7 Å². The van der Waals surface area contributed by atoms with Gasteiger partial charge in [-0.25, -0.2) is 0 Å². The van der Waals surface area contributed by atoms with Crippen molar-refractivity contribution in [2.45, 2.75) is 33.8 Å². The van der Waals surface area contributed by atoms with Gasteiger partial charge in [0.05, 0.1) is 11.9 Å². The van der Waals surface area contributed by atoms with Crippen molar-refractivity contribution in [3.63, 3.8) is 0 Å². The van der Waals surface area contributed by atoms with Gasteiger partial charge in [0.15, 0.2) is 0 Å². The molecule has 1 aromatic carbocycles. The summed E-state index contributed by atoms with van der Waals surface area (Å²) in [6.45, 7) is 7.22. The molecule has 1 atom stereocenters. The quantitative estimate of drug-likeness (QED) is 0.731. The zero-order valence-electron chi connectivity index (χ0n) is 9.86. The third kappa shape index (κ3) is 4.17. The summed E-state index contributed by atoms with van der Waals surface area (Å²) in [6, 6.07) is 9.38. The van der Waals surface area contributed by atoms with Gasteiger partial charge in [0, 0.05) is 5.57 Å². The second-order valence-corrected chi connectivity index (χ2v) is 3.04. The Morgan fingerprint density at radius 3 is 1.93 bits per heavy atom. The Balaban J connectivity index is 0.000000921. The summed E-state index contributed by atoms with van der Waals surface area (Å²) in [6.07, 6.45) is -0.646. The van der Waals surface area contributed by atoms with Crippen molar-refractivity contribution in [1.82, 2.24) is 0 Å². The second kappa shape index (κ2) is 7.07. The molecule has 1 unspecified atom stereocenters. The van der Waals surface area contributed by atoms with Crippen molar-refractivity contribution in [2.75, 3.05) is 0 Å². The van der Waals surface area contributed by atoms with Crippen LogP contribution in [0.25, 0.3) is 5.57 Å². The van der Waals surface area contributed by atoms with Crippen molar-refractivity contribution in [2.24, 2.45) is 0 Å². The first-order valence-electron chi connectivity index (χ1n) is 5.26. The number of aliphatic hydroxyl groups is 2. The molecule has 1 aromatic rings. The number of hydrogen-bond donors (Lipinski definition) is 2. The molecule has 0 saturated carbocycles. The molecule has 2 nitrogen and oxygen atoms in total. The molecular formula is C13H20O2. The summed E-state index contributed by atoms with van der Waals surface area (Å²) < 4.78 is 0. The van der Waals surface area contributed by atoms with Crippen molar-refractivity contribution >= 4 is 5.57 Å². The Labute approximate surface area is 91.9 Å². The van der Waals surface area contributed by atoms with Gasteiger partial charge in [0.25, 0.3) is 0 Å². The zero-order chi connectivity index (χ0) is 11.8. The molecule has 0 aliphatic heterocycles. The average Bonchev–Trinajstić information content (AvgIpc) is 2.21. The summed E-state index contributed by atoms with van der Waals surface area (Å²) in [5, 5.41) is 18.8. The summed E-state index contributed by atoms with van der Waals surface area (Å²) in [5.74, 6) is 0.168. The molecule has 2 heteroatoms. The van der Waals surface area contributed by atoms with E-state index < -0.39 is 6.10 Å². The van der Waals surface area contributed by atoms with E-state index in [1.54, 1.807) is 13.8 Å². The molecule has 0 radical (unpaired) electrons. The molecule has 2 N–H and O–H groups in total. The third-order valence-electron chi connectivity index (χ3n) is 1.89. The van der Waals surface area contributed by atoms with Crippen LogP contribution in [-0.4, -0.2) is 16.3 Å². The van der Waals surface area contributed by atoms with E-state index in [-0.39, 0.29) is 5.76 Å². The smallest absolute Gasteiger partial charge is 0.0955 e. The topological polar surface area (TPSA) is 40.5 Å². The number of aliphatic hydroxyl groups excluding tert-OH is 2. The van der Waals surface area contributed by atoms with Gasteiger partial charge in [-0.15, -0.1) is 0 Å².